The van der Waals surface area contributed by atoms with Gasteiger partial charge in [0.05, 0.1) is 12.9 Å². The summed E-state index contributed by atoms with van der Waals surface area (Å²) < 4.78 is 6.37. The second-order valence-corrected chi connectivity index (χ2v) is 8.57. The van der Waals surface area contributed by atoms with E-state index in [4.69, 9.17) is 10.5 Å². The van der Waals surface area contributed by atoms with E-state index in [1.54, 1.807) is 30.3 Å². The molecule has 6 atom stereocenters. The predicted molar refractivity (Wildman–Crippen MR) is 127 cm³/mol. The molecule has 3 aromatic rings. The minimum Gasteiger partial charge on any atom is -0.394 e. The Balaban J connectivity index is 1.51. The number of carbonyl (C=O) groups is 2. The smallest absolute Gasteiger partial charge is 0.280 e. The number of fused-ring (bicyclic) bond motifs is 1. The van der Waals surface area contributed by atoms with Crippen LogP contribution in [0.5, 0.6) is 0 Å². The lowest BCUT2D eigenvalue weighted by Gasteiger charge is -2.40. The van der Waals surface area contributed by atoms with E-state index in [2.05, 4.69) is 25.6 Å². The van der Waals surface area contributed by atoms with Crippen LogP contribution < -0.4 is 21.9 Å². The lowest BCUT2D eigenvalue weighted by molar-refractivity contribution is -0.254. The number of benzene rings is 1. The molecule has 4 rings (SSSR count). The van der Waals surface area contributed by atoms with Crippen molar-refractivity contribution in [1.29, 1.82) is 0 Å². The molecule has 15 heteroatoms. The van der Waals surface area contributed by atoms with Crippen LogP contribution in [-0.2, 0) is 27.3 Å². The van der Waals surface area contributed by atoms with E-state index in [0.717, 1.165) is 0 Å². The Morgan fingerprint density at radius 1 is 1.19 bits per heavy atom. The lowest BCUT2D eigenvalue weighted by Crippen LogP contribution is -2.65. The Morgan fingerprint density at radius 2 is 1.92 bits per heavy atom. The number of carbonyl (C=O) groups excluding carboxylic acids is 2. The van der Waals surface area contributed by atoms with E-state index >= 15 is 0 Å². The van der Waals surface area contributed by atoms with Crippen molar-refractivity contribution in [3.8, 4) is 0 Å². The van der Waals surface area contributed by atoms with Crippen molar-refractivity contribution in [3.05, 3.63) is 52.6 Å². The highest BCUT2D eigenvalue weighted by molar-refractivity contribution is 5.88. The summed E-state index contributed by atoms with van der Waals surface area (Å²) in [5.41, 5.74) is 5.79. The quantitative estimate of drug-likeness (QED) is 0.145. The summed E-state index contributed by atoms with van der Waals surface area (Å²) in [4.78, 5) is 48.3. The van der Waals surface area contributed by atoms with Gasteiger partial charge in [-0.15, -0.1) is 0 Å². The largest absolute Gasteiger partial charge is 0.394 e. The first-order valence-electron chi connectivity index (χ1n) is 11.3. The van der Waals surface area contributed by atoms with E-state index in [0.29, 0.717) is 5.56 Å². The van der Waals surface area contributed by atoms with Gasteiger partial charge in [0.1, 0.15) is 36.9 Å². The van der Waals surface area contributed by atoms with Crippen LogP contribution in [0.15, 0.2) is 41.5 Å². The topological polar surface area (TPSA) is 238 Å². The van der Waals surface area contributed by atoms with Crippen molar-refractivity contribution in [3.63, 3.8) is 0 Å². The number of nitrogens with zero attached hydrogens (tertiary/aromatic N) is 3. The van der Waals surface area contributed by atoms with E-state index in [-0.39, 0.29) is 30.1 Å². The Bertz CT molecular complexity index is 1310. The maximum Gasteiger partial charge on any atom is 0.280 e. The number of hydrogen-bond acceptors (Lipinski definition) is 11. The highest BCUT2D eigenvalue weighted by Crippen LogP contribution is 2.20. The van der Waals surface area contributed by atoms with Crippen molar-refractivity contribution in [1.82, 2.24) is 30.2 Å². The number of hydrogen-bond donors (Lipinski definition) is 8. The number of aliphatic hydroxyl groups excluding tert-OH is 4. The highest BCUT2D eigenvalue weighted by atomic mass is 16.6. The summed E-state index contributed by atoms with van der Waals surface area (Å²) in [5, 5.41) is 44.9. The number of nitrogen functional groups attached to an aromatic ring is 1. The Kier molecular flexibility index (Phi) is 7.80. The Labute approximate surface area is 208 Å². The summed E-state index contributed by atoms with van der Waals surface area (Å²) in [6.45, 7) is -1.00. The van der Waals surface area contributed by atoms with Gasteiger partial charge < -0.3 is 46.1 Å². The van der Waals surface area contributed by atoms with Gasteiger partial charge in [0, 0.05) is 6.42 Å². The number of ether oxygens (including phenoxy) is 1. The van der Waals surface area contributed by atoms with Gasteiger partial charge in [-0.05, 0) is 5.56 Å². The van der Waals surface area contributed by atoms with Crippen LogP contribution in [-0.4, -0.2) is 95.1 Å². The average molecular weight is 517 g/mol. The molecule has 0 unspecified atom stereocenters. The van der Waals surface area contributed by atoms with Crippen LogP contribution in [0, 0.1) is 0 Å². The number of aliphatic hydroxyl groups is 4. The van der Waals surface area contributed by atoms with Crippen molar-refractivity contribution >= 4 is 28.9 Å². The molecule has 1 aliphatic heterocycles. The second kappa shape index (κ2) is 11.0. The lowest BCUT2D eigenvalue weighted by atomic mass is 9.96. The van der Waals surface area contributed by atoms with E-state index in [1.807, 2.05) is 0 Å². The van der Waals surface area contributed by atoms with Crippen molar-refractivity contribution in [2.24, 2.45) is 0 Å². The van der Waals surface area contributed by atoms with E-state index in [1.165, 1.54) is 10.9 Å². The molecule has 1 aromatic carbocycles. The van der Waals surface area contributed by atoms with Gasteiger partial charge >= 0.3 is 0 Å². The Morgan fingerprint density at radius 3 is 2.62 bits per heavy atom. The van der Waals surface area contributed by atoms with Crippen molar-refractivity contribution in [2.75, 3.05) is 12.3 Å². The zero-order chi connectivity index (χ0) is 26.7. The van der Waals surface area contributed by atoms with Crippen LogP contribution in [0.4, 0.5) is 5.95 Å². The number of nitrogens with two attached hydrogens (primary N) is 1. The third kappa shape index (κ3) is 5.76. The van der Waals surface area contributed by atoms with Gasteiger partial charge in [-0.3, -0.25) is 19.4 Å². The van der Waals surface area contributed by atoms with E-state index < -0.39 is 60.7 Å². The van der Waals surface area contributed by atoms with E-state index in [9.17, 15) is 34.8 Å². The third-order valence-corrected chi connectivity index (χ3v) is 5.95. The Hall–Kier alpha value is -3.89. The van der Waals surface area contributed by atoms with Crippen molar-refractivity contribution < 1.29 is 34.8 Å². The average Bonchev–Trinajstić information content (AvgIpc) is 3.26. The maximum atomic E-state index is 13.2. The molecule has 2 amide bonds. The molecule has 1 saturated heterocycles. The minimum atomic E-state index is -1.72. The molecule has 198 valence electrons. The summed E-state index contributed by atoms with van der Waals surface area (Å²) in [6.07, 6.45) is -4.89. The zero-order valence-electron chi connectivity index (χ0n) is 19.4. The van der Waals surface area contributed by atoms with Crippen LogP contribution in [0.25, 0.3) is 11.2 Å². The number of aromatic nitrogens is 4. The number of nitrogens with one attached hydrogen (secondary N) is 3. The van der Waals surface area contributed by atoms with Gasteiger partial charge in [-0.2, -0.15) is 4.98 Å². The summed E-state index contributed by atoms with van der Waals surface area (Å²) in [5.74, 6) is -1.55. The molecular weight excluding hydrogens is 490 g/mol. The minimum absolute atomic E-state index is 0.0133. The highest BCUT2D eigenvalue weighted by Gasteiger charge is 2.44. The molecule has 9 N–H and O–H groups in total. The second-order valence-electron chi connectivity index (χ2n) is 8.57. The molecule has 1 aliphatic rings. The monoisotopic (exact) mass is 517 g/mol. The number of H-pyrrole nitrogens is 1. The van der Waals surface area contributed by atoms with Gasteiger partial charge in [-0.1, -0.05) is 30.3 Å². The third-order valence-electron chi connectivity index (χ3n) is 5.95. The molecule has 0 radical (unpaired) electrons. The normalized spacial score (nSPS) is 24.5. The summed E-state index contributed by atoms with van der Waals surface area (Å²) >= 11 is 0. The number of aromatic amines is 1. The van der Waals surface area contributed by atoms with Gasteiger partial charge in [0.2, 0.25) is 17.8 Å². The first-order chi connectivity index (χ1) is 17.7. The number of amides is 2. The molecular formula is C22H27N7O8. The SMILES string of the molecule is Nc1nc2c(ncn2CC(=O)N[C@@H](Cc2ccccc2)C(=O)N[C@@H]2[C@@H](O)[C@H](O)[C@@H](CO)O[C@H]2O)c(=O)[nH]1. The first-order valence-corrected chi connectivity index (χ1v) is 11.3. The van der Waals surface area contributed by atoms with Crippen LogP contribution in [0.2, 0.25) is 0 Å². The van der Waals surface area contributed by atoms with Crippen LogP contribution in [0.1, 0.15) is 5.56 Å². The first kappa shape index (κ1) is 26.2. The molecule has 3 heterocycles. The number of anilines is 1. The predicted octanol–water partition coefficient (Wildman–Crippen LogP) is -3.65. The number of imidazole rings is 1. The molecule has 2 aromatic heterocycles. The van der Waals surface area contributed by atoms with Crippen LogP contribution >= 0.6 is 0 Å². The zero-order valence-corrected chi connectivity index (χ0v) is 19.4. The molecule has 37 heavy (non-hydrogen) atoms. The molecule has 0 spiro atoms. The summed E-state index contributed by atoms with van der Waals surface area (Å²) in [7, 11) is 0. The fourth-order valence-electron chi connectivity index (χ4n) is 4.06. The summed E-state index contributed by atoms with van der Waals surface area (Å²) in [6, 6.07) is 6.19. The van der Waals surface area contributed by atoms with Crippen molar-refractivity contribution in [2.45, 2.75) is 49.7 Å². The van der Waals surface area contributed by atoms with Gasteiger partial charge in [0.15, 0.2) is 17.5 Å². The molecule has 1 fully saturated rings. The fraction of sp³-hybridized carbons (Fsp3) is 0.409. The van der Waals surface area contributed by atoms with Gasteiger partial charge in [0.25, 0.3) is 5.56 Å². The number of rotatable bonds is 8. The molecule has 0 bridgehead atoms. The van der Waals surface area contributed by atoms with Gasteiger partial charge in [-0.25, -0.2) is 4.98 Å². The molecule has 15 nitrogen and oxygen atoms in total. The molecule has 0 saturated carbocycles. The molecule has 0 aliphatic carbocycles. The van der Waals surface area contributed by atoms with Crippen LogP contribution in [0.3, 0.4) is 0 Å². The standard InChI is InChI=1S/C22H27N7O8/c23-22-27-18-15(20(35)28-22)24-9-29(18)7-13(31)25-11(6-10-4-2-1-3-5-10)19(34)26-14-17(33)16(32)12(8-30)37-21(14)36/h1-5,9,11-12,14,16-17,21,30,32-33,36H,6-8H2,(H,25,31)(H,26,34)(H3,23,27,28,35)/t11-,12+,14+,16+,17+,21+/m0/s1. The maximum absolute atomic E-state index is 13.2. The fourth-order valence-corrected chi connectivity index (χ4v) is 4.06.